The molecular weight excluding hydrogens is 536 g/mol. The van der Waals surface area contributed by atoms with Crippen LogP contribution >= 0.6 is 39.3 Å². The van der Waals surface area contributed by atoms with Gasteiger partial charge in [0.15, 0.2) is 11.0 Å². The van der Waals surface area contributed by atoms with E-state index in [1.807, 2.05) is 66.1 Å². The first kappa shape index (κ1) is 24.3. The van der Waals surface area contributed by atoms with Crippen molar-refractivity contribution in [2.24, 2.45) is 0 Å². The Balaban J connectivity index is 1.61. The van der Waals surface area contributed by atoms with E-state index in [0.717, 1.165) is 27.0 Å². The molecule has 0 unspecified atom stereocenters. The van der Waals surface area contributed by atoms with Crippen molar-refractivity contribution in [2.45, 2.75) is 24.4 Å². The van der Waals surface area contributed by atoms with Crippen LogP contribution in [0.25, 0.3) is 5.69 Å². The van der Waals surface area contributed by atoms with Gasteiger partial charge < -0.3 is 10.1 Å². The van der Waals surface area contributed by atoms with Crippen molar-refractivity contribution in [3.63, 3.8) is 0 Å². The third-order valence-electron chi connectivity index (χ3n) is 5.13. The maximum Gasteiger partial charge on any atom is 0.251 e. The number of thioether (sulfide) groups is 1. The van der Waals surface area contributed by atoms with Crippen LogP contribution in [0.3, 0.4) is 0 Å². The molecule has 0 bridgehead atoms. The second-order valence-electron chi connectivity index (χ2n) is 7.49. The van der Waals surface area contributed by atoms with Gasteiger partial charge in [-0.05, 0) is 66.6 Å². The summed E-state index contributed by atoms with van der Waals surface area (Å²) in [6.07, 6.45) is 0. The molecule has 1 amide bonds. The van der Waals surface area contributed by atoms with Gasteiger partial charge in [0.05, 0.1) is 19.3 Å². The van der Waals surface area contributed by atoms with Gasteiger partial charge >= 0.3 is 0 Å². The van der Waals surface area contributed by atoms with Crippen LogP contribution in [-0.2, 0) is 12.3 Å². The van der Waals surface area contributed by atoms with Crippen LogP contribution in [0.5, 0.6) is 5.75 Å². The minimum absolute atomic E-state index is 0.185. The van der Waals surface area contributed by atoms with E-state index in [2.05, 4.69) is 31.4 Å². The van der Waals surface area contributed by atoms with E-state index in [1.165, 1.54) is 0 Å². The molecule has 0 aliphatic rings. The highest BCUT2D eigenvalue weighted by molar-refractivity contribution is 9.10. The molecule has 6 nitrogen and oxygen atoms in total. The number of aromatic nitrogens is 3. The predicted molar refractivity (Wildman–Crippen MR) is 139 cm³/mol. The number of carbonyl (C=O) groups is 1. The van der Waals surface area contributed by atoms with E-state index in [-0.39, 0.29) is 12.5 Å². The number of rotatable bonds is 8. The summed E-state index contributed by atoms with van der Waals surface area (Å²) in [6.45, 7) is 2.22. The number of amides is 1. The van der Waals surface area contributed by atoms with E-state index >= 15 is 0 Å². The Labute approximate surface area is 215 Å². The lowest BCUT2D eigenvalue weighted by Gasteiger charge is -2.14. The second kappa shape index (κ2) is 11.1. The zero-order chi connectivity index (χ0) is 24.1. The number of nitrogens with one attached hydrogen (secondary N) is 1. The molecule has 174 valence electrons. The van der Waals surface area contributed by atoms with Crippen LogP contribution in [-0.4, -0.2) is 27.8 Å². The molecule has 0 atom stereocenters. The topological polar surface area (TPSA) is 69.0 Å². The average Bonchev–Trinajstić information content (AvgIpc) is 3.25. The molecule has 0 saturated heterocycles. The Morgan fingerprint density at radius 2 is 1.91 bits per heavy atom. The van der Waals surface area contributed by atoms with Crippen LogP contribution in [0.1, 0.15) is 27.3 Å². The molecule has 3 aromatic carbocycles. The van der Waals surface area contributed by atoms with Crippen molar-refractivity contribution in [3.05, 3.63) is 98.7 Å². The first-order valence-corrected chi connectivity index (χ1v) is 12.6. The molecule has 4 aromatic rings. The Bertz CT molecular complexity index is 1310. The molecule has 0 aliphatic heterocycles. The number of nitrogens with zero attached hydrogens (tertiary/aromatic N) is 3. The molecule has 1 aromatic heterocycles. The number of benzene rings is 3. The first-order valence-electron chi connectivity index (χ1n) is 10.4. The maximum atomic E-state index is 12.7. The molecule has 1 heterocycles. The van der Waals surface area contributed by atoms with Crippen LogP contribution in [0.15, 0.2) is 76.4 Å². The third kappa shape index (κ3) is 5.81. The highest BCUT2D eigenvalue weighted by Crippen LogP contribution is 2.29. The number of carbonyl (C=O) groups excluding carboxylic acids is 1. The molecule has 0 saturated carbocycles. The monoisotopic (exact) mass is 556 g/mol. The summed E-state index contributed by atoms with van der Waals surface area (Å²) in [4.78, 5) is 12.7. The molecule has 9 heteroatoms. The summed E-state index contributed by atoms with van der Waals surface area (Å²) >= 11 is 11.3. The minimum Gasteiger partial charge on any atom is -0.497 e. The fraction of sp³-hybridized carbons (Fsp3) is 0.160. The maximum absolute atomic E-state index is 12.7. The number of hydrogen-bond acceptors (Lipinski definition) is 5. The summed E-state index contributed by atoms with van der Waals surface area (Å²) in [6, 6.07) is 20.8. The summed E-state index contributed by atoms with van der Waals surface area (Å²) in [5.41, 5.74) is 3.57. The largest absolute Gasteiger partial charge is 0.497 e. The van der Waals surface area contributed by atoms with Crippen molar-refractivity contribution in [2.75, 3.05) is 7.11 Å². The Morgan fingerprint density at radius 1 is 1.12 bits per heavy atom. The highest BCUT2D eigenvalue weighted by Gasteiger charge is 2.18. The second-order valence-corrected chi connectivity index (χ2v) is 9.79. The van der Waals surface area contributed by atoms with Gasteiger partial charge in [0.25, 0.3) is 5.91 Å². The van der Waals surface area contributed by atoms with Gasteiger partial charge in [0.1, 0.15) is 5.75 Å². The van der Waals surface area contributed by atoms with E-state index in [1.54, 1.807) is 31.0 Å². The van der Waals surface area contributed by atoms with Crippen molar-refractivity contribution >= 4 is 45.2 Å². The molecule has 0 spiro atoms. The SMILES string of the molecule is COc1cccc(CSc2nnc(CNC(=O)c3ccc(Br)cc3)n2-c2cc(Cl)ccc2C)c1. The first-order chi connectivity index (χ1) is 16.4. The molecule has 0 radical (unpaired) electrons. The normalized spacial score (nSPS) is 10.8. The number of ether oxygens (including phenoxy) is 1. The molecule has 1 N–H and O–H groups in total. The lowest BCUT2D eigenvalue weighted by molar-refractivity contribution is 0.0949. The number of halogens is 2. The van der Waals surface area contributed by atoms with Gasteiger partial charge in [-0.15, -0.1) is 10.2 Å². The van der Waals surface area contributed by atoms with Gasteiger partial charge in [-0.1, -0.05) is 57.5 Å². The minimum atomic E-state index is -0.185. The highest BCUT2D eigenvalue weighted by atomic mass is 79.9. The Hall–Kier alpha value is -2.81. The zero-order valence-electron chi connectivity index (χ0n) is 18.6. The van der Waals surface area contributed by atoms with Gasteiger partial charge in [-0.25, -0.2) is 0 Å². The Kier molecular flexibility index (Phi) is 7.92. The molecule has 34 heavy (non-hydrogen) atoms. The summed E-state index contributed by atoms with van der Waals surface area (Å²) in [5.74, 6) is 1.92. The van der Waals surface area contributed by atoms with E-state index < -0.39 is 0 Å². The molecule has 0 fully saturated rings. The molecular formula is C25H22BrClN4O2S. The summed E-state index contributed by atoms with van der Waals surface area (Å²) in [7, 11) is 1.65. The van der Waals surface area contributed by atoms with Crippen molar-refractivity contribution in [1.29, 1.82) is 0 Å². The summed E-state index contributed by atoms with van der Waals surface area (Å²) in [5, 5.41) is 13.1. The van der Waals surface area contributed by atoms with Gasteiger partial charge in [-0.3, -0.25) is 9.36 Å². The fourth-order valence-corrected chi connectivity index (χ4v) is 4.68. The lowest BCUT2D eigenvalue weighted by atomic mass is 10.2. The van der Waals surface area contributed by atoms with E-state index in [9.17, 15) is 4.79 Å². The quantitative estimate of drug-likeness (QED) is 0.260. The predicted octanol–water partition coefficient (Wildman–Crippen LogP) is 6.22. The van der Waals surface area contributed by atoms with E-state index in [4.69, 9.17) is 16.3 Å². The Morgan fingerprint density at radius 3 is 2.68 bits per heavy atom. The van der Waals surface area contributed by atoms with Crippen LogP contribution in [0.2, 0.25) is 5.02 Å². The number of hydrogen-bond donors (Lipinski definition) is 1. The van der Waals surface area contributed by atoms with Crippen LogP contribution < -0.4 is 10.1 Å². The third-order valence-corrected chi connectivity index (χ3v) is 6.89. The zero-order valence-corrected chi connectivity index (χ0v) is 21.7. The smallest absolute Gasteiger partial charge is 0.251 e. The van der Waals surface area contributed by atoms with Crippen LogP contribution in [0, 0.1) is 6.92 Å². The average molecular weight is 558 g/mol. The van der Waals surface area contributed by atoms with Gasteiger partial charge in [0.2, 0.25) is 0 Å². The summed E-state index contributed by atoms with van der Waals surface area (Å²) < 4.78 is 8.20. The van der Waals surface area contributed by atoms with Gasteiger partial charge in [-0.2, -0.15) is 0 Å². The van der Waals surface area contributed by atoms with Crippen molar-refractivity contribution in [3.8, 4) is 11.4 Å². The molecule has 0 aliphatic carbocycles. The van der Waals surface area contributed by atoms with Crippen LogP contribution in [0.4, 0.5) is 0 Å². The van der Waals surface area contributed by atoms with Gasteiger partial charge in [0, 0.05) is 20.8 Å². The van der Waals surface area contributed by atoms with E-state index in [0.29, 0.717) is 27.3 Å². The lowest BCUT2D eigenvalue weighted by Crippen LogP contribution is -2.24. The van der Waals surface area contributed by atoms with Crippen molar-refractivity contribution < 1.29 is 9.53 Å². The fourth-order valence-electron chi connectivity index (χ4n) is 3.35. The molecule has 4 rings (SSSR count). The standard InChI is InChI=1S/C25H22BrClN4O2S/c1-16-6-11-20(27)13-22(16)31-23(14-28-24(32)18-7-9-19(26)10-8-18)29-30-25(31)34-15-17-4-3-5-21(12-17)33-2/h3-13H,14-15H2,1-2H3,(H,28,32). The van der Waals surface area contributed by atoms with Crippen molar-refractivity contribution in [1.82, 2.24) is 20.1 Å². The number of methoxy groups -OCH3 is 1. The number of aryl methyl sites for hydroxylation is 1.